The number of alkyl halides is 3. The Balaban J connectivity index is 2.22. The number of fused-ring (bicyclic) bond motifs is 1. The molecular weight excluding hydrogens is 444 g/mol. The van der Waals surface area contributed by atoms with Crippen LogP contribution in [-0.4, -0.2) is 40.5 Å². The predicted molar refractivity (Wildman–Crippen MR) is 108 cm³/mol. The molecular formula is C19H15Cl2F3N4O2. The fourth-order valence-electron chi connectivity index (χ4n) is 2.88. The lowest BCUT2D eigenvalue weighted by molar-refractivity contribution is -0.145. The molecule has 0 fully saturated rings. The highest BCUT2D eigenvalue weighted by Gasteiger charge is 2.40. The Morgan fingerprint density at radius 1 is 1.10 bits per heavy atom. The summed E-state index contributed by atoms with van der Waals surface area (Å²) in [6.07, 6.45) is -4.90. The van der Waals surface area contributed by atoms with Crippen LogP contribution < -0.4 is 5.32 Å². The minimum atomic E-state index is -4.90. The van der Waals surface area contributed by atoms with E-state index in [4.69, 9.17) is 23.2 Å². The van der Waals surface area contributed by atoms with Crippen molar-refractivity contribution >= 4 is 51.9 Å². The Kier molecular flexibility index (Phi) is 5.70. The molecule has 158 valence electrons. The number of amides is 2. The van der Waals surface area contributed by atoms with Crippen molar-refractivity contribution in [1.82, 2.24) is 14.5 Å². The van der Waals surface area contributed by atoms with Gasteiger partial charge in [-0.15, -0.1) is 0 Å². The zero-order valence-electron chi connectivity index (χ0n) is 15.9. The number of halogens is 5. The summed E-state index contributed by atoms with van der Waals surface area (Å²) in [5.41, 5.74) is 0.136. The number of benzene rings is 2. The Hall–Kier alpha value is -2.78. The summed E-state index contributed by atoms with van der Waals surface area (Å²) in [4.78, 5) is 29.9. The second-order valence-electron chi connectivity index (χ2n) is 6.62. The highest BCUT2D eigenvalue weighted by Crippen LogP contribution is 2.36. The first-order chi connectivity index (χ1) is 13.9. The maximum atomic E-state index is 13.6. The second kappa shape index (κ2) is 7.81. The lowest BCUT2D eigenvalue weighted by Gasteiger charge is -2.15. The topological polar surface area (TPSA) is 67.2 Å². The monoisotopic (exact) mass is 458 g/mol. The summed E-state index contributed by atoms with van der Waals surface area (Å²) in [5.74, 6) is -2.11. The molecule has 0 saturated carbocycles. The van der Waals surface area contributed by atoms with Gasteiger partial charge in [0.2, 0.25) is 5.82 Å². The van der Waals surface area contributed by atoms with Crippen molar-refractivity contribution in [3.05, 3.63) is 57.3 Å². The first-order valence-electron chi connectivity index (χ1n) is 8.49. The number of aryl methyl sites for hydroxylation is 1. The Morgan fingerprint density at radius 2 is 1.70 bits per heavy atom. The van der Waals surface area contributed by atoms with Gasteiger partial charge in [0.25, 0.3) is 5.91 Å². The smallest absolute Gasteiger partial charge is 0.330 e. The van der Waals surface area contributed by atoms with Gasteiger partial charge in [0, 0.05) is 14.1 Å². The third-order valence-electron chi connectivity index (χ3n) is 4.29. The molecule has 3 aromatic rings. The van der Waals surface area contributed by atoms with Crippen LogP contribution in [0.2, 0.25) is 10.0 Å². The number of carbonyl (C=O) groups is 2. The highest BCUT2D eigenvalue weighted by atomic mass is 35.5. The van der Waals surface area contributed by atoms with Crippen LogP contribution in [0.4, 0.5) is 23.7 Å². The summed E-state index contributed by atoms with van der Waals surface area (Å²) < 4.78 is 41.3. The van der Waals surface area contributed by atoms with Gasteiger partial charge in [-0.05, 0) is 30.7 Å². The van der Waals surface area contributed by atoms with Gasteiger partial charge in [-0.1, -0.05) is 35.3 Å². The minimum Gasteiger partial charge on any atom is -0.330 e. The molecule has 2 amide bonds. The van der Waals surface area contributed by atoms with Gasteiger partial charge in [-0.2, -0.15) is 13.2 Å². The van der Waals surface area contributed by atoms with E-state index in [2.05, 4.69) is 10.3 Å². The first-order valence-corrected chi connectivity index (χ1v) is 9.25. The van der Waals surface area contributed by atoms with Gasteiger partial charge in [-0.25, -0.2) is 14.3 Å². The van der Waals surface area contributed by atoms with Gasteiger partial charge in [0.05, 0.1) is 26.8 Å². The number of rotatable bonds is 2. The number of nitrogens with one attached hydrogen (secondary N) is 1. The Morgan fingerprint density at radius 3 is 2.23 bits per heavy atom. The van der Waals surface area contributed by atoms with Crippen LogP contribution in [-0.2, 0) is 6.18 Å². The molecule has 0 unspecified atom stereocenters. The van der Waals surface area contributed by atoms with E-state index in [-0.39, 0.29) is 32.3 Å². The molecule has 3 rings (SSSR count). The third kappa shape index (κ3) is 3.82. The molecule has 2 aromatic carbocycles. The van der Waals surface area contributed by atoms with Crippen molar-refractivity contribution in [2.24, 2.45) is 0 Å². The fraction of sp³-hybridized carbons (Fsp3) is 0.211. The quantitative estimate of drug-likeness (QED) is 0.554. The molecule has 0 saturated heterocycles. The molecule has 0 aliphatic rings. The van der Waals surface area contributed by atoms with Crippen molar-refractivity contribution in [1.29, 1.82) is 0 Å². The number of imidazole rings is 1. The Labute approximate surface area is 179 Å². The van der Waals surface area contributed by atoms with Crippen molar-refractivity contribution in [3.8, 4) is 0 Å². The molecule has 11 heteroatoms. The molecule has 1 heterocycles. The lowest BCUT2D eigenvalue weighted by Crippen LogP contribution is -2.30. The molecule has 0 bridgehead atoms. The molecule has 0 aliphatic carbocycles. The molecule has 0 atom stereocenters. The van der Waals surface area contributed by atoms with E-state index < -0.39 is 23.9 Å². The zero-order chi connectivity index (χ0) is 22.4. The van der Waals surface area contributed by atoms with E-state index in [1.54, 1.807) is 13.0 Å². The van der Waals surface area contributed by atoms with E-state index in [1.165, 1.54) is 38.4 Å². The molecule has 6 nitrogen and oxygen atoms in total. The van der Waals surface area contributed by atoms with E-state index in [9.17, 15) is 22.8 Å². The average molecular weight is 459 g/mol. The zero-order valence-corrected chi connectivity index (χ0v) is 17.4. The Bertz CT molecular complexity index is 1150. The normalized spacial score (nSPS) is 11.6. The number of hydrogen-bond donors (Lipinski definition) is 1. The van der Waals surface area contributed by atoms with Crippen LogP contribution in [0.3, 0.4) is 0 Å². The van der Waals surface area contributed by atoms with Crippen LogP contribution in [0.5, 0.6) is 0 Å². The van der Waals surface area contributed by atoms with E-state index in [0.717, 1.165) is 4.90 Å². The standard InChI is InChI=1S/C19H15Cl2F3N4O2/c1-9-7-8-12-15(26-17(19(22,23)24)28(12)18(30)27(2)3)14(9)25-16(29)13-10(20)5-4-6-11(13)21/h4-8H,1-3H3,(H,25,29). The molecule has 0 radical (unpaired) electrons. The largest absolute Gasteiger partial charge is 0.450 e. The molecule has 0 spiro atoms. The number of aromatic nitrogens is 2. The highest BCUT2D eigenvalue weighted by molar-refractivity contribution is 6.40. The van der Waals surface area contributed by atoms with Crippen molar-refractivity contribution in [2.45, 2.75) is 13.1 Å². The summed E-state index contributed by atoms with van der Waals surface area (Å²) >= 11 is 12.1. The maximum absolute atomic E-state index is 13.6. The summed E-state index contributed by atoms with van der Waals surface area (Å²) in [5, 5.41) is 2.69. The summed E-state index contributed by atoms with van der Waals surface area (Å²) in [6.45, 7) is 1.59. The van der Waals surface area contributed by atoms with E-state index >= 15 is 0 Å². The first kappa shape index (κ1) is 21.9. The van der Waals surface area contributed by atoms with Gasteiger partial charge >= 0.3 is 12.2 Å². The lowest BCUT2D eigenvalue weighted by atomic mass is 10.1. The minimum absolute atomic E-state index is 0.0179. The number of carbonyl (C=O) groups excluding carboxylic acids is 2. The summed E-state index contributed by atoms with van der Waals surface area (Å²) in [6, 6.07) is 6.36. The molecule has 0 aliphatic heterocycles. The number of nitrogens with zero attached hydrogens (tertiary/aromatic N) is 3. The van der Waals surface area contributed by atoms with E-state index in [0.29, 0.717) is 10.1 Å². The van der Waals surface area contributed by atoms with Crippen molar-refractivity contribution in [3.63, 3.8) is 0 Å². The van der Waals surface area contributed by atoms with Crippen LogP contribution in [0, 0.1) is 6.92 Å². The average Bonchev–Trinajstić information content (AvgIpc) is 3.03. The molecule has 30 heavy (non-hydrogen) atoms. The van der Waals surface area contributed by atoms with Crippen molar-refractivity contribution < 1.29 is 22.8 Å². The maximum Gasteiger partial charge on any atom is 0.450 e. The second-order valence-corrected chi connectivity index (χ2v) is 7.44. The molecule has 1 aromatic heterocycles. The van der Waals surface area contributed by atoms with Crippen LogP contribution in [0.15, 0.2) is 30.3 Å². The van der Waals surface area contributed by atoms with Crippen LogP contribution >= 0.6 is 23.2 Å². The van der Waals surface area contributed by atoms with Crippen LogP contribution in [0.1, 0.15) is 21.7 Å². The SMILES string of the molecule is Cc1ccc2c(nc(C(F)(F)F)n2C(=O)N(C)C)c1NC(=O)c1c(Cl)cccc1Cl. The van der Waals surface area contributed by atoms with Gasteiger partial charge < -0.3 is 10.2 Å². The summed E-state index contributed by atoms with van der Waals surface area (Å²) in [7, 11) is 2.65. The fourth-order valence-corrected chi connectivity index (χ4v) is 3.45. The van der Waals surface area contributed by atoms with Gasteiger partial charge in [-0.3, -0.25) is 4.79 Å². The number of anilines is 1. The van der Waals surface area contributed by atoms with E-state index in [1.807, 2.05) is 0 Å². The number of hydrogen-bond acceptors (Lipinski definition) is 3. The predicted octanol–water partition coefficient (Wildman–Crippen LogP) is 5.45. The van der Waals surface area contributed by atoms with Gasteiger partial charge in [0.1, 0.15) is 5.52 Å². The molecule has 1 N–H and O–H groups in total. The van der Waals surface area contributed by atoms with Gasteiger partial charge in [0.15, 0.2) is 0 Å². The van der Waals surface area contributed by atoms with Crippen molar-refractivity contribution in [2.75, 3.05) is 19.4 Å². The van der Waals surface area contributed by atoms with Crippen LogP contribution in [0.25, 0.3) is 11.0 Å². The third-order valence-corrected chi connectivity index (χ3v) is 4.92.